The van der Waals surface area contributed by atoms with Crippen molar-refractivity contribution in [3.8, 4) is 0 Å². The summed E-state index contributed by atoms with van der Waals surface area (Å²) < 4.78 is 57.5. The summed E-state index contributed by atoms with van der Waals surface area (Å²) in [5.74, 6) is -4.58. The summed E-state index contributed by atoms with van der Waals surface area (Å²) >= 11 is 12.1. The first-order valence-corrected chi connectivity index (χ1v) is 14.5. The average Bonchev–Trinajstić information content (AvgIpc) is 3.20. The predicted molar refractivity (Wildman–Crippen MR) is 150 cm³/mol. The van der Waals surface area contributed by atoms with Gasteiger partial charge in [0.25, 0.3) is 5.91 Å². The van der Waals surface area contributed by atoms with Gasteiger partial charge in [0.1, 0.15) is 5.82 Å². The van der Waals surface area contributed by atoms with E-state index in [1.807, 2.05) is 0 Å². The Kier molecular flexibility index (Phi) is 9.05. The highest BCUT2D eigenvalue weighted by Crippen LogP contribution is 2.67. The van der Waals surface area contributed by atoms with Crippen LogP contribution in [0.15, 0.2) is 28.9 Å². The fourth-order valence-electron chi connectivity index (χ4n) is 6.85. The molecule has 1 aromatic carbocycles. The van der Waals surface area contributed by atoms with Crippen LogP contribution >= 0.6 is 23.2 Å². The zero-order valence-corrected chi connectivity index (χ0v) is 24.9. The van der Waals surface area contributed by atoms with Crippen molar-refractivity contribution >= 4 is 46.6 Å². The second-order valence-corrected chi connectivity index (χ2v) is 13.0. The number of nitrogens with zero attached hydrogens (tertiary/aromatic N) is 2. The van der Waals surface area contributed by atoms with Crippen LogP contribution in [-0.4, -0.2) is 58.2 Å². The zero-order chi connectivity index (χ0) is 31.3. The maximum absolute atomic E-state index is 14.4. The minimum absolute atomic E-state index is 0.0149. The molecule has 7 nitrogen and oxygen atoms in total. The Hall–Kier alpha value is -2.66. The zero-order valence-electron chi connectivity index (χ0n) is 23.4. The Morgan fingerprint density at radius 2 is 1.76 bits per heavy atom. The normalized spacial score (nSPS) is 29.2. The number of carboxylic acid groups (broad SMARTS) is 1. The maximum Gasteiger partial charge on any atom is 0.433 e. The molecule has 1 aromatic rings. The summed E-state index contributed by atoms with van der Waals surface area (Å²) in [4.78, 5) is 43.7. The van der Waals surface area contributed by atoms with Crippen LogP contribution in [0.25, 0.3) is 0 Å². The van der Waals surface area contributed by atoms with Gasteiger partial charge in [-0.25, -0.2) is 4.39 Å². The number of aliphatic carboxylic acids is 1. The maximum atomic E-state index is 14.4. The van der Waals surface area contributed by atoms with Crippen LogP contribution in [-0.2, 0) is 9.59 Å². The molecule has 0 bridgehead atoms. The molecule has 6 atom stereocenters. The third-order valence-corrected chi connectivity index (χ3v) is 10.1. The Bertz CT molecular complexity index is 1330. The van der Waals surface area contributed by atoms with Gasteiger partial charge in [-0.2, -0.15) is 13.2 Å². The van der Waals surface area contributed by atoms with E-state index in [1.54, 1.807) is 6.92 Å². The van der Waals surface area contributed by atoms with Gasteiger partial charge in [0.05, 0.1) is 39.7 Å². The first kappa shape index (κ1) is 32.3. The summed E-state index contributed by atoms with van der Waals surface area (Å²) in [7, 11) is 0. The smallest absolute Gasteiger partial charge is 0.433 e. The first-order chi connectivity index (χ1) is 19.5. The van der Waals surface area contributed by atoms with E-state index in [2.05, 4.69) is 18.8 Å². The molecular weight excluding hydrogens is 601 g/mol. The molecule has 0 spiro atoms. The van der Waals surface area contributed by atoms with Gasteiger partial charge in [-0.3, -0.25) is 19.4 Å². The number of benzene rings is 1. The molecular formula is C29H33Cl2F4N3O4. The molecule has 0 radical (unpaired) electrons. The van der Waals surface area contributed by atoms with Crippen molar-refractivity contribution in [3.63, 3.8) is 0 Å². The fraction of sp³-hybridized carbons (Fsp3) is 0.586. The number of Topliss-reactive ketones (excluding diaryl/α,β-unsaturated/α-hetero) is 1. The lowest BCUT2D eigenvalue weighted by molar-refractivity contribution is -0.144. The number of hydrogen-bond acceptors (Lipinski definition) is 5. The molecule has 3 aliphatic rings. The van der Waals surface area contributed by atoms with Crippen LogP contribution in [0.3, 0.4) is 0 Å². The third-order valence-electron chi connectivity index (χ3n) is 9.37. The molecule has 0 aromatic heterocycles. The van der Waals surface area contributed by atoms with E-state index in [0.29, 0.717) is 19.0 Å². The number of nitrogens with two attached hydrogens (primary N) is 1. The number of alkyl halides is 3. The largest absolute Gasteiger partial charge is 0.481 e. The van der Waals surface area contributed by atoms with Crippen molar-refractivity contribution in [2.45, 2.75) is 71.1 Å². The van der Waals surface area contributed by atoms with Crippen LogP contribution in [0.1, 0.15) is 63.2 Å². The lowest BCUT2D eigenvalue weighted by Crippen LogP contribution is -2.47. The van der Waals surface area contributed by atoms with Crippen molar-refractivity contribution in [1.29, 1.82) is 0 Å². The van der Waals surface area contributed by atoms with Crippen LogP contribution in [0, 0.1) is 34.9 Å². The number of hydrogen-bond donors (Lipinski definition) is 2. The lowest BCUT2D eigenvalue weighted by atomic mass is 9.78. The molecule has 3 N–H and O–H groups in total. The molecule has 3 fully saturated rings. The quantitative estimate of drug-likeness (QED) is 0.114. The van der Waals surface area contributed by atoms with Crippen LogP contribution in [0.2, 0.25) is 10.0 Å². The number of rotatable bonds is 8. The molecule has 3 aliphatic carbocycles. The number of carboxylic acids is 1. The van der Waals surface area contributed by atoms with E-state index in [0.717, 1.165) is 17.0 Å². The Balaban J connectivity index is 1.67. The average molecular weight is 634 g/mol. The summed E-state index contributed by atoms with van der Waals surface area (Å²) in [6.07, 6.45) is -3.28. The number of ketones is 1. The Morgan fingerprint density at radius 1 is 1.14 bits per heavy atom. The van der Waals surface area contributed by atoms with Gasteiger partial charge in [-0.1, -0.05) is 44.0 Å². The topological polar surface area (TPSA) is 113 Å². The van der Waals surface area contributed by atoms with Crippen molar-refractivity contribution in [1.82, 2.24) is 4.90 Å². The van der Waals surface area contributed by atoms with Crippen molar-refractivity contribution in [3.05, 3.63) is 45.3 Å². The van der Waals surface area contributed by atoms with E-state index in [-0.39, 0.29) is 47.1 Å². The number of halogens is 6. The first-order valence-electron chi connectivity index (χ1n) is 13.8. The lowest BCUT2D eigenvalue weighted by Gasteiger charge is -2.33. The number of fused-ring (bicyclic) bond motifs is 1. The van der Waals surface area contributed by atoms with Gasteiger partial charge in [0.2, 0.25) is 0 Å². The predicted octanol–water partition coefficient (Wildman–Crippen LogP) is 6.31. The highest BCUT2D eigenvalue weighted by Gasteiger charge is 2.63. The SMILES string of the molecule is C[C@@H]1C[C@@H](N=C(C(=CN)C(=O)N(CC(=O)c2c(Cl)ccc(F)c2Cl)C2C[C@@H]3[C@H](C2)C3(C)C)C(F)(F)F)CC[C@@H]1C(=O)O. The van der Waals surface area contributed by atoms with Crippen LogP contribution in [0.4, 0.5) is 17.6 Å². The molecule has 13 heteroatoms. The summed E-state index contributed by atoms with van der Waals surface area (Å²) in [5, 5.41) is 8.66. The van der Waals surface area contributed by atoms with Crippen LogP contribution < -0.4 is 5.73 Å². The monoisotopic (exact) mass is 633 g/mol. The number of amides is 1. The Morgan fingerprint density at radius 3 is 2.29 bits per heavy atom. The Labute approximate surface area is 251 Å². The summed E-state index contributed by atoms with van der Waals surface area (Å²) in [5.41, 5.74) is 2.89. The number of aliphatic imine (C=N–C) groups is 1. The molecule has 3 saturated carbocycles. The second kappa shape index (κ2) is 11.8. The molecule has 0 saturated heterocycles. The fourth-order valence-corrected chi connectivity index (χ4v) is 7.43. The molecule has 4 rings (SSSR count). The van der Waals surface area contributed by atoms with E-state index < -0.39 is 76.4 Å². The van der Waals surface area contributed by atoms with Gasteiger partial charge in [-0.15, -0.1) is 0 Å². The molecule has 0 aliphatic heterocycles. The summed E-state index contributed by atoms with van der Waals surface area (Å²) in [6, 6.07) is 0.652. The number of carbonyl (C=O) groups is 3. The highest BCUT2D eigenvalue weighted by atomic mass is 35.5. The van der Waals surface area contributed by atoms with E-state index in [4.69, 9.17) is 28.9 Å². The number of carbonyl (C=O) groups excluding carboxylic acids is 2. The van der Waals surface area contributed by atoms with Gasteiger partial charge in [-0.05, 0) is 67.4 Å². The molecule has 0 heterocycles. The second-order valence-electron chi connectivity index (χ2n) is 12.2. The van der Waals surface area contributed by atoms with E-state index in [9.17, 15) is 37.1 Å². The van der Waals surface area contributed by atoms with Crippen molar-refractivity contribution < 1.29 is 37.1 Å². The summed E-state index contributed by atoms with van der Waals surface area (Å²) in [6.45, 7) is 5.08. The third kappa shape index (κ3) is 6.18. The minimum Gasteiger partial charge on any atom is -0.481 e. The molecule has 230 valence electrons. The van der Waals surface area contributed by atoms with Crippen molar-refractivity contribution in [2.75, 3.05) is 6.54 Å². The molecule has 1 unspecified atom stereocenters. The highest BCUT2D eigenvalue weighted by molar-refractivity contribution is 6.40. The van der Waals surface area contributed by atoms with Crippen molar-refractivity contribution in [2.24, 2.45) is 39.8 Å². The van der Waals surface area contributed by atoms with Gasteiger partial charge < -0.3 is 15.7 Å². The van der Waals surface area contributed by atoms with Crippen LogP contribution in [0.5, 0.6) is 0 Å². The van der Waals surface area contributed by atoms with E-state index in [1.165, 1.54) is 0 Å². The van der Waals surface area contributed by atoms with Gasteiger partial charge >= 0.3 is 12.1 Å². The standard InChI is InChI=1S/C29H33Cl2F4N3O4/c1-13-8-14(4-5-16(13)27(41)42)37-25(29(33,34)35)17(11-36)26(40)38(15-9-18-19(10-15)28(18,2)3)12-22(39)23-20(30)6-7-21(32)24(23)31/h6-7,11,13-16,18-19H,4-5,8-10,12,36H2,1-3H3,(H,41,42)/t13-,14+,15?,16+,18-,19+/m1/s1. The molecule has 42 heavy (non-hydrogen) atoms. The van der Waals surface area contributed by atoms with Gasteiger partial charge in [0.15, 0.2) is 11.5 Å². The van der Waals surface area contributed by atoms with Gasteiger partial charge in [0, 0.05) is 12.2 Å². The molecule has 1 amide bonds. The minimum atomic E-state index is -5.07. The van der Waals surface area contributed by atoms with E-state index >= 15 is 0 Å².